The molecule has 0 saturated heterocycles. The van der Waals surface area contributed by atoms with Crippen LogP contribution >= 0.6 is 11.3 Å². The predicted molar refractivity (Wildman–Crippen MR) is 109 cm³/mol. The highest BCUT2D eigenvalue weighted by atomic mass is 32.1. The first-order valence-electron chi connectivity index (χ1n) is 8.93. The fraction of sp³-hybridized carbons (Fsp3) is 0.381. The highest BCUT2D eigenvalue weighted by molar-refractivity contribution is 7.17. The Hall–Kier alpha value is -2.69. The summed E-state index contributed by atoms with van der Waals surface area (Å²) in [7, 11) is 1.34. The number of carbonyl (C=O) groups is 2. The Morgan fingerprint density at radius 2 is 1.86 bits per heavy atom. The molecule has 6 nitrogen and oxygen atoms in total. The molecule has 0 fully saturated rings. The molecule has 0 aliphatic carbocycles. The second-order valence-corrected chi connectivity index (χ2v) is 9.08. The summed E-state index contributed by atoms with van der Waals surface area (Å²) in [4.78, 5) is 26.3. The number of ether oxygens (including phenoxy) is 1. The summed E-state index contributed by atoms with van der Waals surface area (Å²) < 4.78 is 5.02. The Labute approximate surface area is 168 Å². The number of nitrogens with one attached hydrogen (secondary N) is 2. The van der Waals surface area contributed by atoms with Crippen molar-refractivity contribution in [2.75, 3.05) is 12.4 Å². The molecule has 1 aromatic heterocycles. The van der Waals surface area contributed by atoms with Gasteiger partial charge in [-0.2, -0.15) is 5.26 Å². The van der Waals surface area contributed by atoms with Crippen molar-refractivity contribution in [2.24, 2.45) is 0 Å². The van der Waals surface area contributed by atoms with Gasteiger partial charge in [0, 0.05) is 21.5 Å². The van der Waals surface area contributed by atoms with Gasteiger partial charge in [0.05, 0.1) is 24.3 Å². The van der Waals surface area contributed by atoms with Crippen molar-refractivity contribution in [3.8, 4) is 6.07 Å². The molecule has 2 heterocycles. The van der Waals surface area contributed by atoms with Crippen LogP contribution in [0.25, 0.3) is 0 Å². The molecular weight excluding hydrogens is 374 g/mol. The van der Waals surface area contributed by atoms with Crippen molar-refractivity contribution in [2.45, 2.75) is 45.2 Å². The molecule has 1 aliphatic heterocycles. The molecular formula is C21H23N3O3S. The van der Waals surface area contributed by atoms with Gasteiger partial charge in [-0.25, -0.2) is 4.79 Å². The van der Waals surface area contributed by atoms with Crippen molar-refractivity contribution in [1.82, 2.24) is 5.32 Å². The lowest BCUT2D eigenvalue weighted by Gasteiger charge is -2.42. The molecule has 7 heteroatoms. The molecule has 2 N–H and O–H groups in total. The Bertz CT molecular complexity index is 982. The van der Waals surface area contributed by atoms with Crippen LogP contribution in [-0.2, 0) is 16.7 Å². The van der Waals surface area contributed by atoms with Gasteiger partial charge in [0.15, 0.2) is 0 Å². The molecule has 1 amide bonds. The lowest BCUT2D eigenvalue weighted by Crippen LogP contribution is -2.55. The molecule has 0 bridgehead atoms. The van der Waals surface area contributed by atoms with Crippen molar-refractivity contribution >= 4 is 28.2 Å². The number of nitriles is 1. The number of esters is 1. The van der Waals surface area contributed by atoms with E-state index >= 15 is 0 Å². The largest absolute Gasteiger partial charge is 0.465 e. The van der Waals surface area contributed by atoms with Crippen LogP contribution in [-0.4, -0.2) is 24.5 Å². The van der Waals surface area contributed by atoms with E-state index in [0.717, 1.165) is 10.4 Å². The number of rotatable bonds is 3. The third kappa shape index (κ3) is 3.66. The first-order valence-corrected chi connectivity index (χ1v) is 9.75. The number of methoxy groups -OCH3 is 1. The third-order valence-corrected chi connectivity index (χ3v) is 6.21. The summed E-state index contributed by atoms with van der Waals surface area (Å²) in [5, 5.41) is 15.9. The lowest BCUT2D eigenvalue weighted by molar-refractivity contribution is 0.0600. The van der Waals surface area contributed by atoms with Gasteiger partial charge in [-0.15, -0.1) is 11.3 Å². The zero-order valence-electron chi connectivity index (χ0n) is 16.6. The molecule has 0 unspecified atom stereocenters. The second kappa shape index (κ2) is 7.04. The van der Waals surface area contributed by atoms with Gasteiger partial charge < -0.3 is 15.4 Å². The maximum absolute atomic E-state index is 12.7. The monoisotopic (exact) mass is 397 g/mol. The number of hydrogen-bond donors (Lipinski definition) is 2. The number of benzene rings is 1. The summed E-state index contributed by atoms with van der Waals surface area (Å²) in [6.45, 7) is 8.31. The third-order valence-electron chi connectivity index (χ3n) is 4.74. The quantitative estimate of drug-likeness (QED) is 0.769. The van der Waals surface area contributed by atoms with Crippen molar-refractivity contribution in [3.63, 3.8) is 0 Å². The van der Waals surface area contributed by atoms with E-state index in [4.69, 9.17) is 10.00 Å². The Morgan fingerprint density at radius 3 is 2.43 bits per heavy atom. The molecule has 1 aliphatic rings. The maximum atomic E-state index is 12.7. The van der Waals surface area contributed by atoms with Gasteiger partial charge in [0.25, 0.3) is 5.91 Å². The molecule has 1 aromatic carbocycles. The fourth-order valence-corrected chi connectivity index (χ4v) is 5.07. The molecule has 3 rings (SSSR count). The van der Waals surface area contributed by atoms with Gasteiger partial charge in [-0.05, 0) is 63.9 Å². The van der Waals surface area contributed by atoms with Crippen LogP contribution in [0.5, 0.6) is 0 Å². The van der Waals surface area contributed by atoms with E-state index in [2.05, 4.69) is 38.3 Å². The van der Waals surface area contributed by atoms with E-state index in [9.17, 15) is 9.59 Å². The number of thiophene rings is 1. The normalized spacial score (nSPS) is 16.6. The van der Waals surface area contributed by atoms with Crippen LogP contribution in [0.15, 0.2) is 24.3 Å². The van der Waals surface area contributed by atoms with Crippen LogP contribution in [0.4, 0.5) is 5.00 Å². The first-order chi connectivity index (χ1) is 13.1. The van der Waals surface area contributed by atoms with Gasteiger partial charge in [0.1, 0.15) is 5.00 Å². The number of hydrogen-bond acceptors (Lipinski definition) is 6. The molecule has 0 spiro atoms. The van der Waals surface area contributed by atoms with E-state index < -0.39 is 5.97 Å². The summed E-state index contributed by atoms with van der Waals surface area (Å²) in [6.07, 6.45) is 0.652. The van der Waals surface area contributed by atoms with Crippen molar-refractivity contribution in [1.29, 1.82) is 5.26 Å². The summed E-state index contributed by atoms with van der Waals surface area (Å²) in [5.74, 6) is -0.792. The highest BCUT2D eigenvalue weighted by Gasteiger charge is 2.42. The smallest absolute Gasteiger partial charge is 0.341 e. The number of carbonyl (C=O) groups excluding carboxylic acids is 2. The van der Waals surface area contributed by atoms with Crippen LogP contribution < -0.4 is 10.6 Å². The topological polar surface area (TPSA) is 91.2 Å². The van der Waals surface area contributed by atoms with Crippen LogP contribution in [0, 0.1) is 11.3 Å². The van der Waals surface area contributed by atoms with E-state index in [0.29, 0.717) is 28.1 Å². The van der Waals surface area contributed by atoms with Crippen molar-refractivity contribution in [3.05, 3.63) is 51.4 Å². The van der Waals surface area contributed by atoms with E-state index in [-0.39, 0.29) is 17.0 Å². The SMILES string of the molecule is COC(=O)c1c(NC(=O)c2ccc(C#N)cc2)sc2c1CC(C)(C)NC2(C)C. The first kappa shape index (κ1) is 20.1. The zero-order valence-corrected chi connectivity index (χ0v) is 17.4. The minimum atomic E-state index is -0.457. The lowest BCUT2D eigenvalue weighted by atomic mass is 9.81. The second-order valence-electron chi connectivity index (χ2n) is 8.06. The van der Waals surface area contributed by atoms with Crippen molar-refractivity contribution < 1.29 is 14.3 Å². The van der Waals surface area contributed by atoms with Crippen LogP contribution in [0.3, 0.4) is 0 Å². The number of anilines is 1. The van der Waals surface area contributed by atoms with E-state index in [1.807, 2.05) is 6.07 Å². The Kier molecular flexibility index (Phi) is 5.04. The minimum absolute atomic E-state index is 0.200. The molecule has 2 aromatic rings. The standard InChI is InChI=1S/C21H23N3O3S/c1-20(2)10-14-15(19(26)27-5)18(28-16(14)21(3,4)24-20)23-17(25)13-8-6-12(11-22)7-9-13/h6-9,24H,10H2,1-5H3,(H,23,25). The Morgan fingerprint density at radius 1 is 1.21 bits per heavy atom. The molecule has 0 atom stereocenters. The summed E-state index contributed by atoms with van der Waals surface area (Å²) in [6, 6.07) is 8.39. The summed E-state index contributed by atoms with van der Waals surface area (Å²) >= 11 is 1.40. The molecule has 0 radical (unpaired) electrons. The molecule has 28 heavy (non-hydrogen) atoms. The van der Waals surface area contributed by atoms with E-state index in [1.54, 1.807) is 24.3 Å². The van der Waals surface area contributed by atoms with Gasteiger partial charge in [-0.1, -0.05) is 0 Å². The molecule has 146 valence electrons. The van der Waals surface area contributed by atoms with Crippen LogP contribution in [0.2, 0.25) is 0 Å². The zero-order chi connectivity index (χ0) is 20.7. The average molecular weight is 398 g/mol. The predicted octanol–water partition coefficient (Wildman–Crippen LogP) is 3.82. The summed E-state index contributed by atoms with van der Waals surface area (Å²) in [5.41, 5.74) is 1.69. The van der Waals surface area contributed by atoms with Gasteiger partial charge in [0.2, 0.25) is 0 Å². The number of amides is 1. The fourth-order valence-electron chi connectivity index (χ4n) is 3.81. The number of fused-ring (bicyclic) bond motifs is 1. The Balaban J connectivity index is 2.04. The van der Waals surface area contributed by atoms with Gasteiger partial charge in [-0.3, -0.25) is 4.79 Å². The molecule has 0 saturated carbocycles. The highest BCUT2D eigenvalue weighted by Crippen LogP contribution is 2.45. The number of nitrogens with zero attached hydrogens (tertiary/aromatic N) is 1. The van der Waals surface area contributed by atoms with Crippen LogP contribution in [0.1, 0.15) is 64.4 Å². The minimum Gasteiger partial charge on any atom is -0.465 e. The average Bonchev–Trinajstić information content (AvgIpc) is 2.98. The van der Waals surface area contributed by atoms with E-state index in [1.165, 1.54) is 18.4 Å². The van der Waals surface area contributed by atoms with Gasteiger partial charge >= 0.3 is 5.97 Å². The maximum Gasteiger partial charge on any atom is 0.341 e.